The number of hydrogen-bond acceptors (Lipinski definition) is 5. The van der Waals surface area contributed by atoms with Crippen molar-refractivity contribution in [2.24, 2.45) is 12.1 Å². The van der Waals surface area contributed by atoms with Gasteiger partial charge in [-0.2, -0.15) is 10.1 Å². The van der Waals surface area contributed by atoms with Crippen LogP contribution >= 0.6 is 0 Å². The van der Waals surface area contributed by atoms with E-state index < -0.39 is 17.1 Å². The Morgan fingerprint density at radius 3 is 2.61 bits per heavy atom. The summed E-state index contributed by atoms with van der Waals surface area (Å²) >= 11 is 0. The molecule has 0 saturated carbocycles. The van der Waals surface area contributed by atoms with Crippen molar-refractivity contribution in [2.45, 2.75) is 33.4 Å². The zero-order chi connectivity index (χ0) is 20.2. The van der Waals surface area contributed by atoms with E-state index in [1.165, 1.54) is 10.6 Å². The molecule has 2 aromatic heterocycles. The van der Waals surface area contributed by atoms with Crippen LogP contribution in [-0.4, -0.2) is 30.9 Å². The summed E-state index contributed by atoms with van der Waals surface area (Å²) in [5.74, 6) is 0.0618. The van der Waals surface area contributed by atoms with Crippen LogP contribution in [0.15, 0.2) is 39.0 Å². The van der Waals surface area contributed by atoms with E-state index in [1.54, 1.807) is 34.8 Å². The minimum absolute atomic E-state index is 0.145. The predicted molar refractivity (Wildman–Crippen MR) is 106 cm³/mol. The van der Waals surface area contributed by atoms with Crippen LogP contribution < -0.4 is 16.3 Å². The summed E-state index contributed by atoms with van der Waals surface area (Å²) < 4.78 is 18.3. The van der Waals surface area contributed by atoms with Gasteiger partial charge in [-0.25, -0.2) is 14.2 Å². The predicted octanol–water partition coefficient (Wildman–Crippen LogP) is 1.86. The number of aromatic nitrogens is 4. The summed E-state index contributed by atoms with van der Waals surface area (Å²) in [6, 6.07) is 5.93. The van der Waals surface area contributed by atoms with Crippen LogP contribution in [0.4, 0.5) is 10.3 Å². The van der Waals surface area contributed by atoms with E-state index in [4.69, 9.17) is 0 Å². The first-order chi connectivity index (χ1) is 13.3. The highest BCUT2D eigenvalue weighted by Gasteiger charge is 2.30. The highest BCUT2D eigenvalue weighted by molar-refractivity contribution is 5.91. The van der Waals surface area contributed by atoms with Gasteiger partial charge in [0.1, 0.15) is 5.82 Å². The Kier molecular flexibility index (Phi) is 4.17. The van der Waals surface area contributed by atoms with Gasteiger partial charge in [0.05, 0.1) is 18.3 Å². The summed E-state index contributed by atoms with van der Waals surface area (Å²) in [5.41, 5.74) is 0.698. The molecule has 1 aromatic carbocycles. The third-order valence-electron chi connectivity index (χ3n) is 5.24. The Balaban J connectivity index is 2.02. The second-order valence-electron chi connectivity index (χ2n) is 6.91. The Hall–Kier alpha value is -3.23. The second-order valence-corrected chi connectivity index (χ2v) is 6.91. The third kappa shape index (κ3) is 2.49. The molecule has 0 amide bonds. The van der Waals surface area contributed by atoms with Crippen molar-refractivity contribution in [2.75, 3.05) is 11.6 Å². The fourth-order valence-corrected chi connectivity index (χ4v) is 3.53. The average molecular weight is 384 g/mol. The maximum absolute atomic E-state index is 14.1. The van der Waals surface area contributed by atoms with Gasteiger partial charge in [0, 0.05) is 19.2 Å². The van der Waals surface area contributed by atoms with Crippen molar-refractivity contribution in [3.8, 4) is 0 Å². The molecule has 0 aliphatic carbocycles. The van der Waals surface area contributed by atoms with E-state index in [0.717, 1.165) is 10.3 Å². The summed E-state index contributed by atoms with van der Waals surface area (Å²) in [6.07, 6.45) is 0. The van der Waals surface area contributed by atoms with E-state index in [2.05, 4.69) is 10.1 Å². The molecular weight excluding hydrogens is 363 g/mol. The quantitative estimate of drug-likeness (QED) is 0.691. The van der Waals surface area contributed by atoms with Crippen molar-refractivity contribution in [1.82, 2.24) is 18.7 Å². The van der Waals surface area contributed by atoms with Crippen molar-refractivity contribution >= 4 is 22.8 Å². The first kappa shape index (κ1) is 18.1. The molecule has 4 rings (SSSR count). The molecule has 9 heteroatoms. The molecule has 3 heterocycles. The number of fused-ring (bicyclic) bond motifs is 3. The fourth-order valence-electron chi connectivity index (χ4n) is 3.53. The fraction of sp³-hybridized carbons (Fsp3) is 0.368. The monoisotopic (exact) mass is 384 g/mol. The molecule has 3 aromatic rings. The molecule has 1 atom stereocenters. The van der Waals surface area contributed by atoms with Crippen molar-refractivity contribution in [1.29, 1.82) is 0 Å². The zero-order valence-corrected chi connectivity index (χ0v) is 16.2. The number of imidazole rings is 1. The first-order valence-corrected chi connectivity index (χ1v) is 9.13. The van der Waals surface area contributed by atoms with Crippen LogP contribution in [0, 0.1) is 5.82 Å². The largest absolute Gasteiger partial charge is 0.332 e. The van der Waals surface area contributed by atoms with Crippen LogP contribution in [0.2, 0.25) is 0 Å². The van der Waals surface area contributed by atoms with Gasteiger partial charge in [0.2, 0.25) is 5.95 Å². The van der Waals surface area contributed by atoms with Gasteiger partial charge < -0.3 is 0 Å². The van der Waals surface area contributed by atoms with Crippen LogP contribution in [0.1, 0.15) is 32.4 Å². The Bertz CT molecular complexity index is 1240. The highest BCUT2D eigenvalue weighted by atomic mass is 19.1. The van der Waals surface area contributed by atoms with Gasteiger partial charge in [-0.1, -0.05) is 18.2 Å². The molecule has 0 bridgehead atoms. The Labute approximate surface area is 160 Å². The average Bonchev–Trinajstić information content (AvgIpc) is 3.09. The number of rotatable bonds is 3. The third-order valence-corrected chi connectivity index (χ3v) is 5.24. The lowest BCUT2D eigenvalue weighted by atomic mass is 10.2. The lowest BCUT2D eigenvalue weighted by Gasteiger charge is -2.28. The Morgan fingerprint density at radius 1 is 1.21 bits per heavy atom. The minimum atomic E-state index is -0.537. The topological polar surface area (TPSA) is 77.4 Å². The van der Waals surface area contributed by atoms with Crippen LogP contribution in [0.5, 0.6) is 0 Å². The maximum Gasteiger partial charge on any atom is 0.332 e. The van der Waals surface area contributed by atoms with Crippen LogP contribution in [-0.2, 0) is 13.6 Å². The summed E-state index contributed by atoms with van der Waals surface area (Å²) in [7, 11) is 1.57. The maximum atomic E-state index is 14.1. The standard InChI is InChI=1S/C19H21FN6O2/c1-5-25-18-21-16-15(26(18)12(3)11(2)22-25)17(27)24(19(28)23(16)4)10-13-8-6-7-9-14(13)20/h6-9,12H,5,10H2,1-4H3. The van der Waals surface area contributed by atoms with Crippen LogP contribution in [0.3, 0.4) is 0 Å². The normalized spacial score (nSPS) is 16.4. The van der Waals surface area contributed by atoms with Crippen LogP contribution in [0.25, 0.3) is 11.2 Å². The molecule has 146 valence electrons. The summed E-state index contributed by atoms with van der Waals surface area (Å²) in [5, 5.41) is 6.23. The van der Waals surface area contributed by atoms with Gasteiger partial charge in [0.25, 0.3) is 5.56 Å². The molecule has 0 N–H and O–H groups in total. The number of hydrazone groups is 1. The SMILES string of the molecule is CCN1N=C(C)C(C)n2c1nc1c2c(=O)n(Cc2ccccc2F)c(=O)n1C. The molecule has 1 unspecified atom stereocenters. The molecule has 28 heavy (non-hydrogen) atoms. The van der Waals surface area contributed by atoms with E-state index >= 15 is 0 Å². The van der Waals surface area contributed by atoms with Gasteiger partial charge in [0.15, 0.2) is 11.2 Å². The number of anilines is 1. The molecular formula is C19H21FN6O2. The summed E-state index contributed by atoms with van der Waals surface area (Å²) in [4.78, 5) is 30.7. The van der Waals surface area contributed by atoms with E-state index in [0.29, 0.717) is 23.7 Å². The molecule has 0 fully saturated rings. The molecule has 0 spiro atoms. The number of nitrogens with zero attached hydrogens (tertiary/aromatic N) is 6. The lowest BCUT2D eigenvalue weighted by molar-refractivity contribution is 0.580. The lowest BCUT2D eigenvalue weighted by Crippen LogP contribution is -2.40. The van der Waals surface area contributed by atoms with Gasteiger partial charge in [-0.15, -0.1) is 0 Å². The zero-order valence-electron chi connectivity index (χ0n) is 16.2. The Morgan fingerprint density at radius 2 is 1.93 bits per heavy atom. The molecule has 0 saturated heterocycles. The number of halogens is 1. The molecule has 8 nitrogen and oxygen atoms in total. The first-order valence-electron chi connectivity index (χ1n) is 9.13. The highest BCUT2D eigenvalue weighted by Crippen LogP contribution is 2.29. The van der Waals surface area contributed by atoms with Gasteiger partial charge in [-0.3, -0.25) is 18.5 Å². The van der Waals surface area contributed by atoms with Gasteiger partial charge >= 0.3 is 5.69 Å². The number of benzene rings is 1. The molecule has 1 aliphatic heterocycles. The molecule has 0 radical (unpaired) electrons. The van der Waals surface area contributed by atoms with E-state index in [9.17, 15) is 14.0 Å². The van der Waals surface area contributed by atoms with Crippen molar-refractivity contribution in [3.05, 3.63) is 56.5 Å². The van der Waals surface area contributed by atoms with Crippen molar-refractivity contribution < 1.29 is 4.39 Å². The van der Waals surface area contributed by atoms with E-state index in [-0.39, 0.29) is 18.2 Å². The van der Waals surface area contributed by atoms with Gasteiger partial charge in [-0.05, 0) is 26.8 Å². The van der Waals surface area contributed by atoms with Crippen molar-refractivity contribution in [3.63, 3.8) is 0 Å². The minimum Gasteiger partial charge on any atom is -0.294 e. The van der Waals surface area contributed by atoms with E-state index in [1.807, 2.05) is 20.8 Å². The smallest absolute Gasteiger partial charge is 0.294 e. The number of aryl methyl sites for hydroxylation is 1. The number of hydrogen-bond donors (Lipinski definition) is 0. The second kappa shape index (κ2) is 6.43. The molecule has 1 aliphatic rings. The summed E-state index contributed by atoms with van der Waals surface area (Å²) in [6.45, 7) is 6.19.